The molecule has 4 saturated carbocycles. The lowest BCUT2D eigenvalue weighted by Gasteiger charge is -2.32. The minimum Gasteiger partial charge on any atom is -0.478 e. The number of carboxylic acids is 1. The number of esters is 1. The van der Waals surface area contributed by atoms with Gasteiger partial charge in [-0.2, -0.15) is 0 Å². The molecule has 4 heteroatoms. The molecule has 8 atom stereocenters. The molecule has 0 spiro atoms. The number of methoxy groups -OCH3 is 1. The minimum atomic E-state index is -0.913. The average Bonchev–Trinajstić information content (AvgIpc) is 3.15. The van der Waals surface area contributed by atoms with Crippen LogP contribution in [0.15, 0.2) is 23.3 Å². The number of aliphatic carboxylic acids is 1. The molecule has 4 fully saturated rings. The van der Waals surface area contributed by atoms with Gasteiger partial charge in [0.15, 0.2) is 0 Å². The maximum Gasteiger partial charge on any atom is 0.334 e. The van der Waals surface area contributed by atoms with Crippen molar-refractivity contribution < 1.29 is 19.4 Å². The Labute approximate surface area is 110 Å². The van der Waals surface area contributed by atoms with Crippen LogP contribution in [0.3, 0.4) is 0 Å². The lowest BCUT2D eigenvalue weighted by molar-refractivity contribution is -0.139. The van der Waals surface area contributed by atoms with Gasteiger partial charge in [0.05, 0.1) is 18.3 Å². The molecule has 4 nitrogen and oxygen atoms in total. The zero-order chi connectivity index (χ0) is 13.0. The van der Waals surface area contributed by atoms with Crippen molar-refractivity contribution in [2.75, 3.05) is 7.11 Å². The van der Waals surface area contributed by atoms with Crippen LogP contribution >= 0.6 is 0 Å². The normalized spacial score (nSPS) is 53.7. The number of carbonyl (C=O) groups is 2. The first-order valence-electron chi connectivity index (χ1n) is 6.90. The fourth-order valence-electron chi connectivity index (χ4n) is 6.48. The van der Waals surface area contributed by atoms with E-state index in [1.807, 2.05) is 0 Å². The van der Waals surface area contributed by atoms with Gasteiger partial charge in [-0.15, -0.1) is 0 Å². The van der Waals surface area contributed by atoms with Gasteiger partial charge in [-0.25, -0.2) is 9.59 Å². The van der Waals surface area contributed by atoms with Crippen molar-refractivity contribution in [1.29, 1.82) is 0 Å². The summed E-state index contributed by atoms with van der Waals surface area (Å²) in [6.45, 7) is 0. The smallest absolute Gasteiger partial charge is 0.334 e. The van der Waals surface area contributed by atoms with Gasteiger partial charge in [-0.1, -0.05) is 12.2 Å². The molecular formula is C15H14O4. The largest absolute Gasteiger partial charge is 0.478 e. The van der Waals surface area contributed by atoms with Crippen molar-refractivity contribution >= 4 is 11.9 Å². The van der Waals surface area contributed by atoms with Crippen molar-refractivity contribution in [2.45, 2.75) is 0 Å². The standard InChI is InChI=1S/C15H14O4/c1-19-15(18)13-11-8-5-3-2-4-6(5)9(11)10(7(4)8)12(13)14(16)17/h2-11H,1H3,(H,16,17)/t4-,5-,6-,7-,8+,9+,10-,11+/m0/s1. The first kappa shape index (κ1) is 10.2. The molecule has 0 unspecified atom stereocenters. The Morgan fingerprint density at radius 1 is 1.00 bits per heavy atom. The third-order valence-corrected chi connectivity index (χ3v) is 6.47. The van der Waals surface area contributed by atoms with Gasteiger partial charge in [0.25, 0.3) is 0 Å². The fourth-order valence-corrected chi connectivity index (χ4v) is 6.48. The second-order valence-corrected chi connectivity index (χ2v) is 6.52. The number of ether oxygens (including phenoxy) is 1. The summed E-state index contributed by atoms with van der Waals surface area (Å²) in [4.78, 5) is 23.6. The number of hydrogen-bond donors (Lipinski definition) is 1. The van der Waals surface area contributed by atoms with E-state index in [0.717, 1.165) is 0 Å². The van der Waals surface area contributed by atoms with Gasteiger partial charge < -0.3 is 9.84 Å². The molecule has 8 bridgehead atoms. The highest BCUT2D eigenvalue weighted by molar-refractivity contribution is 6.02. The van der Waals surface area contributed by atoms with Crippen LogP contribution in [0.2, 0.25) is 0 Å². The topological polar surface area (TPSA) is 63.6 Å². The van der Waals surface area contributed by atoms with E-state index >= 15 is 0 Å². The first-order valence-corrected chi connectivity index (χ1v) is 6.90. The number of rotatable bonds is 2. The van der Waals surface area contributed by atoms with Crippen molar-refractivity contribution in [3.05, 3.63) is 23.3 Å². The molecule has 0 saturated heterocycles. The zero-order valence-corrected chi connectivity index (χ0v) is 10.4. The lowest BCUT2D eigenvalue weighted by Crippen LogP contribution is -2.32. The highest BCUT2D eigenvalue weighted by Crippen LogP contribution is 2.81. The van der Waals surface area contributed by atoms with Gasteiger partial charge in [-0.05, 0) is 47.3 Å². The van der Waals surface area contributed by atoms with Crippen LogP contribution in [0.4, 0.5) is 0 Å². The highest BCUT2D eigenvalue weighted by Gasteiger charge is 2.79. The number of allylic oxidation sites excluding steroid dienone is 2. The van der Waals surface area contributed by atoms with Crippen LogP contribution in [0, 0.1) is 47.3 Å². The molecule has 19 heavy (non-hydrogen) atoms. The average molecular weight is 258 g/mol. The van der Waals surface area contributed by atoms with E-state index in [9.17, 15) is 14.7 Å². The molecule has 6 aliphatic carbocycles. The van der Waals surface area contributed by atoms with E-state index in [1.165, 1.54) is 7.11 Å². The van der Waals surface area contributed by atoms with E-state index in [-0.39, 0.29) is 11.8 Å². The Morgan fingerprint density at radius 2 is 1.58 bits per heavy atom. The molecular weight excluding hydrogens is 244 g/mol. The summed E-state index contributed by atoms with van der Waals surface area (Å²) < 4.78 is 4.84. The third kappa shape index (κ3) is 0.798. The summed E-state index contributed by atoms with van der Waals surface area (Å²) in [5.41, 5.74) is 0.872. The van der Waals surface area contributed by atoms with Crippen LogP contribution < -0.4 is 0 Å². The highest BCUT2D eigenvalue weighted by atomic mass is 16.5. The Hall–Kier alpha value is -1.58. The molecule has 1 N–H and O–H groups in total. The van der Waals surface area contributed by atoms with Gasteiger partial charge in [-0.3, -0.25) is 0 Å². The Kier molecular flexibility index (Phi) is 1.50. The summed E-state index contributed by atoms with van der Waals surface area (Å²) in [7, 11) is 1.34. The van der Waals surface area contributed by atoms with Gasteiger partial charge in [0, 0.05) is 0 Å². The third-order valence-electron chi connectivity index (χ3n) is 6.47. The van der Waals surface area contributed by atoms with E-state index in [4.69, 9.17) is 4.74 Å². The monoisotopic (exact) mass is 258 g/mol. The first-order chi connectivity index (χ1) is 9.16. The van der Waals surface area contributed by atoms with Crippen LogP contribution in [-0.2, 0) is 14.3 Å². The SMILES string of the molecule is COC(=O)C1=C(C(=O)O)[C@@H]2[C@@H]3[C@H]1[C@@H]1[C@H]4C=C[C@@H]([C@@H]43)[C@H]21. The van der Waals surface area contributed by atoms with E-state index < -0.39 is 11.9 Å². The van der Waals surface area contributed by atoms with Crippen LogP contribution in [0.5, 0.6) is 0 Å². The molecule has 0 aliphatic heterocycles. The molecule has 0 aromatic carbocycles. The van der Waals surface area contributed by atoms with E-state index in [0.29, 0.717) is 46.7 Å². The molecule has 0 aromatic heterocycles. The van der Waals surface area contributed by atoms with Crippen molar-refractivity contribution in [2.24, 2.45) is 47.3 Å². The second kappa shape index (κ2) is 2.79. The molecule has 0 radical (unpaired) electrons. The van der Waals surface area contributed by atoms with E-state index in [2.05, 4.69) is 12.2 Å². The van der Waals surface area contributed by atoms with Crippen molar-refractivity contribution in [1.82, 2.24) is 0 Å². The molecule has 0 aromatic rings. The number of carbonyl (C=O) groups excluding carboxylic acids is 1. The second-order valence-electron chi connectivity index (χ2n) is 6.52. The van der Waals surface area contributed by atoms with Crippen LogP contribution in [-0.4, -0.2) is 24.2 Å². The predicted octanol–water partition coefficient (Wildman–Crippen LogP) is 1.09. The van der Waals surface area contributed by atoms with E-state index in [1.54, 1.807) is 0 Å². The van der Waals surface area contributed by atoms with Gasteiger partial charge in [0.1, 0.15) is 0 Å². The maximum atomic E-state index is 12.0. The summed E-state index contributed by atoms with van der Waals surface area (Å²) in [5.74, 6) is 2.08. The fraction of sp³-hybridized carbons (Fsp3) is 0.600. The minimum absolute atomic E-state index is 0.109. The lowest BCUT2D eigenvalue weighted by atomic mass is 9.71. The summed E-state index contributed by atoms with van der Waals surface area (Å²) >= 11 is 0. The van der Waals surface area contributed by atoms with Gasteiger partial charge in [0.2, 0.25) is 0 Å². The zero-order valence-electron chi connectivity index (χ0n) is 10.4. The summed E-state index contributed by atoms with van der Waals surface area (Å²) in [6.07, 6.45) is 4.60. The molecule has 0 heterocycles. The van der Waals surface area contributed by atoms with Crippen LogP contribution in [0.1, 0.15) is 0 Å². The van der Waals surface area contributed by atoms with Crippen LogP contribution in [0.25, 0.3) is 0 Å². The number of carboxylic acid groups (broad SMARTS) is 1. The Morgan fingerprint density at radius 3 is 2.11 bits per heavy atom. The van der Waals surface area contributed by atoms with Crippen molar-refractivity contribution in [3.8, 4) is 0 Å². The molecule has 6 rings (SSSR count). The van der Waals surface area contributed by atoms with Crippen molar-refractivity contribution in [3.63, 3.8) is 0 Å². The Bertz CT molecular complexity index is 601. The van der Waals surface area contributed by atoms with Gasteiger partial charge >= 0.3 is 11.9 Å². The predicted molar refractivity (Wildman–Crippen MR) is 63.7 cm³/mol. The Balaban J connectivity index is 1.71. The molecule has 98 valence electrons. The maximum absolute atomic E-state index is 12.0. The molecule has 0 amide bonds. The summed E-state index contributed by atoms with van der Waals surface area (Å²) in [6, 6.07) is 0. The molecule has 6 aliphatic rings. The quantitative estimate of drug-likeness (QED) is 0.595. The summed E-state index contributed by atoms with van der Waals surface area (Å²) in [5, 5.41) is 9.50. The number of hydrogen-bond acceptors (Lipinski definition) is 3.